The maximum atomic E-state index is 6.10. The molecule has 7 heteroatoms. The van der Waals surface area contributed by atoms with Crippen LogP contribution in [0.4, 0.5) is 0 Å². The second kappa shape index (κ2) is 12.5. The van der Waals surface area contributed by atoms with Gasteiger partial charge >= 0.3 is 0 Å². The Morgan fingerprint density at radius 3 is 2.49 bits per heavy atom. The van der Waals surface area contributed by atoms with Crippen molar-refractivity contribution in [1.29, 1.82) is 0 Å². The van der Waals surface area contributed by atoms with Crippen molar-refractivity contribution < 1.29 is 18.9 Å². The minimum Gasteiger partial charge on any atom is -0.474 e. The third-order valence-corrected chi connectivity index (χ3v) is 8.05. The van der Waals surface area contributed by atoms with Crippen LogP contribution in [0.5, 0.6) is 5.88 Å². The number of rotatable bonds is 12. The SMILES string of the molecule is Cn1c2ccncc2c2ccc(-c3ccc(OC4CC(OCCCCCCOC5CCCCO5)C4)nc3)cc21. The predicted octanol–water partition coefficient (Wildman–Crippen LogP) is 6.82. The summed E-state index contributed by atoms with van der Waals surface area (Å²) in [5.41, 5.74) is 4.60. The monoisotopic (exact) mass is 529 g/mol. The highest BCUT2D eigenvalue weighted by Crippen LogP contribution is 2.32. The molecule has 1 aromatic carbocycles. The van der Waals surface area contributed by atoms with Crippen molar-refractivity contribution in [3.05, 3.63) is 55.0 Å². The molecular formula is C32H39N3O4. The van der Waals surface area contributed by atoms with Gasteiger partial charge in [0.05, 0.1) is 11.6 Å². The third kappa shape index (κ3) is 6.26. The normalized spacial score (nSPS) is 21.3. The molecule has 206 valence electrons. The van der Waals surface area contributed by atoms with E-state index in [2.05, 4.69) is 51.9 Å². The van der Waals surface area contributed by atoms with Gasteiger partial charge in [0, 0.05) is 86.2 Å². The van der Waals surface area contributed by atoms with E-state index in [0.717, 1.165) is 63.1 Å². The summed E-state index contributed by atoms with van der Waals surface area (Å²) >= 11 is 0. The molecule has 2 aliphatic rings. The maximum Gasteiger partial charge on any atom is 0.213 e. The van der Waals surface area contributed by atoms with Crippen LogP contribution >= 0.6 is 0 Å². The fourth-order valence-electron chi connectivity index (χ4n) is 5.64. The molecule has 0 N–H and O–H groups in total. The van der Waals surface area contributed by atoms with E-state index in [1.54, 1.807) is 0 Å². The number of fused-ring (bicyclic) bond motifs is 3. The van der Waals surface area contributed by atoms with E-state index < -0.39 is 0 Å². The Morgan fingerprint density at radius 1 is 0.846 bits per heavy atom. The third-order valence-electron chi connectivity index (χ3n) is 8.05. The molecule has 1 aliphatic carbocycles. The summed E-state index contributed by atoms with van der Waals surface area (Å²) in [5.74, 6) is 0.680. The summed E-state index contributed by atoms with van der Waals surface area (Å²) in [6.07, 6.45) is 16.1. The van der Waals surface area contributed by atoms with E-state index in [1.807, 2.05) is 24.7 Å². The van der Waals surface area contributed by atoms with E-state index >= 15 is 0 Å². The fourth-order valence-corrected chi connectivity index (χ4v) is 5.64. The Kier molecular flexibility index (Phi) is 8.38. The Labute approximate surface area is 230 Å². The van der Waals surface area contributed by atoms with Gasteiger partial charge in [0.2, 0.25) is 5.88 Å². The minimum atomic E-state index is 0.0351. The van der Waals surface area contributed by atoms with Crippen LogP contribution in [-0.4, -0.2) is 52.9 Å². The highest BCUT2D eigenvalue weighted by Gasteiger charge is 2.31. The van der Waals surface area contributed by atoms with Gasteiger partial charge in [-0.3, -0.25) is 4.98 Å². The van der Waals surface area contributed by atoms with E-state index in [9.17, 15) is 0 Å². The van der Waals surface area contributed by atoms with Crippen molar-refractivity contribution in [1.82, 2.24) is 14.5 Å². The number of hydrogen-bond donors (Lipinski definition) is 0. The lowest BCUT2D eigenvalue weighted by Crippen LogP contribution is -2.39. The summed E-state index contributed by atoms with van der Waals surface area (Å²) in [6, 6.07) is 12.7. The minimum absolute atomic E-state index is 0.0351. The molecule has 2 fully saturated rings. The van der Waals surface area contributed by atoms with Crippen LogP contribution < -0.4 is 4.74 Å². The summed E-state index contributed by atoms with van der Waals surface area (Å²) in [5, 5.41) is 2.39. The molecular weight excluding hydrogens is 490 g/mol. The number of pyridine rings is 2. The highest BCUT2D eigenvalue weighted by molar-refractivity contribution is 6.08. The molecule has 0 bridgehead atoms. The molecule has 39 heavy (non-hydrogen) atoms. The fraction of sp³-hybridized carbons (Fsp3) is 0.500. The Hall–Kier alpha value is -3.00. The van der Waals surface area contributed by atoms with Crippen molar-refractivity contribution in [2.75, 3.05) is 19.8 Å². The molecule has 0 spiro atoms. The molecule has 1 saturated carbocycles. The van der Waals surface area contributed by atoms with Gasteiger partial charge in [-0.05, 0) is 55.9 Å². The number of benzene rings is 1. The number of aryl methyl sites for hydroxylation is 1. The molecule has 4 heterocycles. The molecule has 6 rings (SSSR count). The highest BCUT2D eigenvalue weighted by atomic mass is 16.7. The van der Waals surface area contributed by atoms with Crippen molar-refractivity contribution in [2.24, 2.45) is 7.05 Å². The van der Waals surface area contributed by atoms with Gasteiger partial charge in [-0.2, -0.15) is 0 Å². The lowest BCUT2D eigenvalue weighted by molar-refractivity contribution is -0.162. The van der Waals surface area contributed by atoms with E-state index in [-0.39, 0.29) is 12.4 Å². The number of hydrogen-bond acceptors (Lipinski definition) is 6. The molecule has 4 aromatic rings. The first-order chi connectivity index (χ1) is 19.2. The first-order valence-corrected chi connectivity index (χ1v) is 14.5. The van der Waals surface area contributed by atoms with Gasteiger partial charge in [0.25, 0.3) is 0 Å². The van der Waals surface area contributed by atoms with Gasteiger partial charge in [-0.1, -0.05) is 25.0 Å². The lowest BCUT2D eigenvalue weighted by Gasteiger charge is -2.34. The molecule has 1 saturated heterocycles. The van der Waals surface area contributed by atoms with Crippen molar-refractivity contribution in [2.45, 2.75) is 76.3 Å². The van der Waals surface area contributed by atoms with Crippen LogP contribution in [0.25, 0.3) is 32.9 Å². The van der Waals surface area contributed by atoms with Gasteiger partial charge in [-0.25, -0.2) is 4.98 Å². The zero-order valence-electron chi connectivity index (χ0n) is 22.9. The molecule has 1 atom stereocenters. The molecule has 7 nitrogen and oxygen atoms in total. The smallest absolute Gasteiger partial charge is 0.213 e. The Bertz CT molecular complexity index is 1360. The Morgan fingerprint density at radius 2 is 1.69 bits per heavy atom. The van der Waals surface area contributed by atoms with Crippen molar-refractivity contribution >= 4 is 21.8 Å². The molecule has 0 amide bonds. The van der Waals surface area contributed by atoms with E-state index in [1.165, 1.54) is 47.5 Å². The Balaban J connectivity index is 0.892. The molecule has 1 aliphatic heterocycles. The number of unbranched alkanes of at least 4 members (excludes halogenated alkanes) is 3. The number of aromatic nitrogens is 3. The zero-order chi connectivity index (χ0) is 26.4. The second-order valence-corrected chi connectivity index (χ2v) is 10.9. The number of nitrogens with zero attached hydrogens (tertiary/aromatic N) is 3. The van der Waals surface area contributed by atoms with Crippen LogP contribution in [0.2, 0.25) is 0 Å². The summed E-state index contributed by atoms with van der Waals surface area (Å²) < 4.78 is 25.8. The van der Waals surface area contributed by atoms with E-state index in [4.69, 9.17) is 18.9 Å². The average Bonchev–Trinajstić information content (AvgIpc) is 3.25. The average molecular weight is 530 g/mol. The van der Waals surface area contributed by atoms with Crippen LogP contribution in [0.1, 0.15) is 57.8 Å². The quantitative estimate of drug-likeness (QED) is 0.188. The summed E-state index contributed by atoms with van der Waals surface area (Å²) in [4.78, 5) is 8.89. The van der Waals surface area contributed by atoms with Gasteiger partial charge in [0.15, 0.2) is 6.29 Å². The topological polar surface area (TPSA) is 67.6 Å². The first-order valence-electron chi connectivity index (χ1n) is 14.5. The maximum absolute atomic E-state index is 6.10. The van der Waals surface area contributed by atoms with Gasteiger partial charge in [-0.15, -0.1) is 0 Å². The van der Waals surface area contributed by atoms with Crippen molar-refractivity contribution in [3.63, 3.8) is 0 Å². The predicted molar refractivity (Wildman–Crippen MR) is 153 cm³/mol. The summed E-state index contributed by atoms with van der Waals surface area (Å²) in [6.45, 7) is 2.48. The van der Waals surface area contributed by atoms with Crippen LogP contribution in [0, 0.1) is 0 Å². The second-order valence-electron chi connectivity index (χ2n) is 10.9. The van der Waals surface area contributed by atoms with Crippen LogP contribution in [-0.2, 0) is 21.3 Å². The van der Waals surface area contributed by atoms with Crippen molar-refractivity contribution in [3.8, 4) is 17.0 Å². The van der Waals surface area contributed by atoms with Crippen LogP contribution in [0.15, 0.2) is 55.0 Å². The molecule has 3 aromatic heterocycles. The van der Waals surface area contributed by atoms with E-state index in [0.29, 0.717) is 12.0 Å². The summed E-state index contributed by atoms with van der Waals surface area (Å²) in [7, 11) is 2.10. The first kappa shape index (κ1) is 26.2. The number of ether oxygens (including phenoxy) is 4. The standard InChI is InChI=1S/C32H39N3O4/c1-35-29-13-14-33-22-28(29)27-11-9-23(18-30(27)35)24-10-12-31(34-21-24)39-26-19-25(20-26)36-15-5-2-3-6-16-37-32-8-4-7-17-38-32/h9-14,18,21-22,25-26,32H,2-8,15-17,19-20H2,1H3. The van der Waals surface area contributed by atoms with Gasteiger partial charge < -0.3 is 23.5 Å². The largest absolute Gasteiger partial charge is 0.474 e. The van der Waals surface area contributed by atoms with Crippen LogP contribution in [0.3, 0.4) is 0 Å². The van der Waals surface area contributed by atoms with Gasteiger partial charge in [0.1, 0.15) is 6.10 Å². The molecule has 1 unspecified atom stereocenters. The molecule has 0 radical (unpaired) electrons. The zero-order valence-corrected chi connectivity index (χ0v) is 22.9. The lowest BCUT2D eigenvalue weighted by atomic mass is 9.92.